The molecule has 0 N–H and O–H groups in total. The fourth-order valence-corrected chi connectivity index (χ4v) is 1.82. The quantitative estimate of drug-likeness (QED) is 0.525. The standard InChI is InChI=1S/C14H18F4N/c1-3-5-7-19(8-6-4-2)14-12(17)10(15)9-11(16)13(14)18/h3-8H2,1-2H3. The Morgan fingerprint density at radius 3 is 1.63 bits per heavy atom. The van der Waals surface area contributed by atoms with Crippen LogP contribution in [0.5, 0.6) is 0 Å². The first kappa shape index (κ1) is 15.8. The van der Waals surface area contributed by atoms with Gasteiger partial charge in [-0.25, -0.2) is 17.6 Å². The summed E-state index contributed by atoms with van der Waals surface area (Å²) in [5.74, 6) is -5.70. The Hall–Kier alpha value is -1.26. The maximum Gasteiger partial charge on any atom is 0.185 e. The maximum absolute atomic E-state index is 13.7. The van der Waals surface area contributed by atoms with E-state index in [-0.39, 0.29) is 0 Å². The van der Waals surface area contributed by atoms with Gasteiger partial charge in [0.1, 0.15) is 5.69 Å². The number of hydrogen-bond donors (Lipinski definition) is 0. The third-order valence-corrected chi connectivity index (χ3v) is 2.90. The normalized spacial score (nSPS) is 10.8. The SMILES string of the molecule is CCCCN(CCCC)c1c(F)c(F)[c]c(F)c1F. The van der Waals surface area contributed by atoms with E-state index in [2.05, 4.69) is 0 Å². The Balaban J connectivity index is 3.12. The van der Waals surface area contributed by atoms with Crippen LogP contribution in [0.2, 0.25) is 0 Å². The Labute approximate surface area is 111 Å². The summed E-state index contributed by atoms with van der Waals surface area (Å²) in [6.07, 6.45) is 3.06. The highest BCUT2D eigenvalue weighted by Gasteiger charge is 2.23. The van der Waals surface area contributed by atoms with Crippen molar-refractivity contribution in [3.63, 3.8) is 0 Å². The summed E-state index contributed by atoms with van der Waals surface area (Å²) in [6, 6.07) is 1.40. The second-order valence-electron chi connectivity index (χ2n) is 4.42. The molecule has 0 unspecified atom stereocenters. The monoisotopic (exact) mass is 276 g/mol. The van der Waals surface area contributed by atoms with Crippen LogP contribution in [0, 0.1) is 29.3 Å². The van der Waals surface area contributed by atoms with Crippen molar-refractivity contribution in [2.75, 3.05) is 18.0 Å². The Kier molecular flexibility index (Phi) is 6.12. The van der Waals surface area contributed by atoms with Gasteiger partial charge in [-0.3, -0.25) is 0 Å². The molecule has 0 aromatic heterocycles. The van der Waals surface area contributed by atoms with Gasteiger partial charge in [-0.05, 0) is 12.8 Å². The average molecular weight is 276 g/mol. The summed E-state index contributed by atoms with van der Waals surface area (Å²) in [4.78, 5) is 1.37. The largest absolute Gasteiger partial charge is 0.367 e. The number of nitrogens with zero attached hydrogens (tertiary/aromatic N) is 1. The van der Waals surface area contributed by atoms with Gasteiger partial charge in [0.15, 0.2) is 23.3 Å². The molecule has 107 valence electrons. The van der Waals surface area contributed by atoms with Gasteiger partial charge in [0.05, 0.1) is 6.07 Å². The van der Waals surface area contributed by atoms with Gasteiger partial charge in [-0.1, -0.05) is 26.7 Å². The first-order chi connectivity index (χ1) is 9.02. The minimum atomic E-state index is -1.48. The van der Waals surface area contributed by atoms with E-state index in [0.717, 1.165) is 12.8 Å². The fourth-order valence-electron chi connectivity index (χ4n) is 1.82. The number of rotatable bonds is 7. The van der Waals surface area contributed by atoms with Crippen molar-refractivity contribution in [2.24, 2.45) is 0 Å². The average Bonchev–Trinajstić information content (AvgIpc) is 2.39. The zero-order chi connectivity index (χ0) is 14.4. The highest BCUT2D eigenvalue weighted by atomic mass is 19.2. The van der Waals surface area contributed by atoms with Gasteiger partial charge in [-0.2, -0.15) is 0 Å². The molecule has 0 aliphatic heterocycles. The molecular weight excluding hydrogens is 258 g/mol. The first-order valence-corrected chi connectivity index (χ1v) is 6.53. The minimum Gasteiger partial charge on any atom is -0.367 e. The fraction of sp³-hybridized carbons (Fsp3) is 0.571. The van der Waals surface area contributed by atoms with Gasteiger partial charge in [0, 0.05) is 13.1 Å². The van der Waals surface area contributed by atoms with Gasteiger partial charge >= 0.3 is 0 Å². The molecule has 0 amide bonds. The zero-order valence-corrected chi connectivity index (χ0v) is 11.2. The highest BCUT2D eigenvalue weighted by Crippen LogP contribution is 2.28. The zero-order valence-electron chi connectivity index (χ0n) is 11.2. The van der Waals surface area contributed by atoms with Gasteiger partial charge in [0.2, 0.25) is 0 Å². The first-order valence-electron chi connectivity index (χ1n) is 6.53. The third kappa shape index (κ3) is 3.85. The lowest BCUT2D eigenvalue weighted by atomic mass is 10.2. The van der Waals surface area contributed by atoms with E-state index >= 15 is 0 Å². The van der Waals surface area contributed by atoms with Crippen molar-refractivity contribution >= 4 is 5.69 Å². The van der Waals surface area contributed by atoms with Crippen molar-refractivity contribution < 1.29 is 17.6 Å². The predicted molar refractivity (Wildman–Crippen MR) is 67.1 cm³/mol. The lowest BCUT2D eigenvalue weighted by Gasteiger charge is -2.25. The van der Waals surface area contributed by atoms with Crippen molar-refractivity contribution in [3.8, 4) is 0 Å². The molecule has 0 saturated heterocycles. The molecular formula is C14H18F4N. The van der Waals surface area contributed by atoms with E-state index in [4.69, 9.17) is 0 Å². The molecule has 0 bridgehead atoms. The van der Waals surface area contributed by atoms with Crippen LogP contribution in [0.4, 0.5) is 23.2 Å². The lowest BCUT2D eigenvalue weighted by Crippen LogP contribution is -2.28. The summed E-state index contributed by atoms with van der Waals surface area (Å²) in [5, 5.41) is 0. The summed E-state index contributed by atoms with van der Waals surface area (Å²) in [5.41, 5.74) is -0.615. The van der Waals surface area contributed by atoms with Crippen LogP contribution in [-0.2, 0) is 0 Å². The molecule has 5 heteroatoms. The van der Waals surface area contributed by atoms with Crippen molar-refractivity contribution in [1.82, 2.24) is 0 Å². The molecule has 0 spiro atoms. The summed E-state index contributed by atoms with van der Waals surface area (Å²) in [7, 11) is 0. The lowest BCUT2D eigenvalue weighted by molar-refractivity contribution is 0.447. The number of benzene rings is 1. The van der Waals surface area contributed by atoms with Crippen LogP contribution in [0.1, 0.15) is 39.5 Å². The van der Waals surface area contributed by atoms with E-state index in [1.54, 1.807) is 0 Å². The van der Waals surface area contributed by atoms with Gasteiger partial charge < -0.3 is 4.90 Å². The van der Waals surface area contributed by atoms with Gasteiger partial charge in [0.25, 0.3) is 0 Å². The Bertz CT molecular complexity index is 386. The molecule has 0 fully saturated rings. The third-order valence-electron chi connectivity index (χ3n) is 2.90. The van der Waals surface area contributed by atoms with E-state index in [1.807, 2.05) is 13.8 Å². The smallest absolute Gasteiger partial charge is 0.185 e. The molecule has 0 saturated carbocycles. The van der Waals surface area contributed by atoms with Crippen LogP contribution in [0.15, 0.2) is 0 Å². The maximum atomic E-state index is 13.7. The van der Waals surface area contributed by atoms with E-state index in [9.17, 15) is 17.6 Å². The van der Waals surface area contributed by atoms with Crippen molar-refractivity contribution in [3.05, 3.63) is 29.3 Å². The molecule has 1 radical (unpaired) electrons. The van der Waals surface area contributed by atoms with Crippen LogP contribution >= 0.6 is 0 Å². The number of hydrogen-bond acceptors (Lipinski definition) is 1. The molecule has 1 rings (SSSR count). The molecule has 0 aliphatic rings. The molecule has 19 heavy (non-hydrogen) atoms. The molecule has 1 aromatic carbocycles. The van der Waals surface area contributed by atoms with Crippen LogP contribution < -0.4 is 4.90 Å². The van der Waals surface area contributed by atoms with Crippen molar-refractivity contribution in [1.29, 1.82) is 0 Å². The van der Waals surface area contributed by atoms with E-state index in [0.29, 0.717) is 25.9 Å². The summed E-state index contributed by atoms with van der Waals surface area (Å²) < 4.78 is 53.7. The van der Waals surface area contributed by atoms with E-state index < -0.39 is 29.0 Å². The number of anilines is 1. The minimum absolute atomic E-state index is 0.368. The van der Waals surface area contributed by atoms with E-state index in [1.165, 1.54) is 11.0 Å². The summed E-state index contributed by atoms with van der Waals surface area (Å²) >= 11 is 0. The molecule has 0 heterocycles. The van der Waals surface area contributed by atoms with Crippen molar-refractivity contribution in [2.45, 2.75) is 39.5 Å². The molecule has 1 nitrogen and oxygen atoms in total. The second kappa shape index (κ2) is 7.36. The highest BCUT2D eigenvalue weighted by molar-refractivity contribution is 5.49. The molecule has 1 aromatic rings. The summed E-state index contributed by atoms with van der Waals surface area (Å²) in [6.45, 7) is 4.61. The molecule has 0 atom stereocenters. The number of unbranched alkanes of at least 4 members (excludes halogenated alkanes) is 2. The predicted octanol–water partition coefficient (Wildman–Crippen LogP) is 4.45. The van der Waals surface area contributed by atoms with Crippen LogP contribution in [0.25, 0.3) is 0 Å². The Morgan fingerprint density at radius 2 is 1.26 bits per heavy atom. The molecule has 0 aliphatic carbocycles. The van der Waals surface area contributed by atoms with Crippen LogP contribution in [0.3, 0.4) is 0 Å². The topological polar surface area (TPSA) is 3.24 Å². The Morgan fingerprint density at radius 1 is 0.842 bits per heavy atom. The number of halogens is 4. The van der Waals surface area contributed by atoms with Gasteiger partial charge in [-0.15, -0.1) is 0 Å². The van der Waals surface area contributed by atoms with Crippen LogP contribution in [-0.4, -0.2) is 13.1 Å². The second-order valence-corrected chi connectivity index (χ2v) is 4.42.